The first-order valence-corrected chi connectivity index (χ1v) is 8.76. The van der Waals surface area contributed by atoms with Crippen LogP contribution in [0.3, 0.4) is 0 Å². The molecule has 0 aromatic heterocycles. The highest BCUT2D eigenvalue weighted by molar-refractivity contribution is 7.90. The average Bonchev–Trinajstić information content (AvgIpc) is 2.35. The lowest BCUT2D eigenvalue weighted by atomic mass is 10.1. The van der Waals surface area contributed by atoms with Crippen molar-refractivity contribution in [3.8, 4) is 0 Å². The van der Waals surface area contributed by atoms with Gasteiger partial charge in [-0.3, -0.25) is 4.79 Å². The van der Waals surface area contributed by atoms with E-state index in [0.29, 0.717) is 35.8 Å². The molecule has 0 atom stereocenters. The SMILES string of the molecule is CCNc1ccc(Cl)cc1C(=O)NCCCS(C)(=O)=O. The third-order valence-corrected chi connectivity index (χ3v) is 3.84. The molecule has 0 spiro atoms. The Labute approximate surface area is 124 Å². The van der Waals surface area contributed by atoms with Gasteiger partial charge in [-0.05, 0) is 31.5 Å². The van der Waals surface area contributed by atoms with Crippen molar-refractivity contribution < 1.29 is 13.2 Å². The van der Waals surface area contributed by atoms with E-state index in [1.165, 1.54) is 6.26 Å². The smallest absolute Gasteiger partial charge is 0.253 e. The monoisotopic (exact) mass is 318 g/mol. The molecule has 0 aliphatic rings. The summed E-state index contributed by atoms with van der Waals surface area (Å²) in [5.41, 5.74) is 1.16. The number of rotatable bonds is 7. The molecule has 0 bridgehead atoms. The summed E-state index contributed by atoms with van der Waals surface area (Å²) in [7, 11) is -2.99. The quantitative estimate of drug-likeness (QED) is 0.753. The Balaban J connectivity index is 2.65. The lowest BCUT2D eigenvalue weighted by Gasteiger charge is -2.11. The van der Waals surface area contributed by atoms with Crippen molar-refractivity contribution in [1.82, 2.24) is 5.32 Å². The number of benzene rings is 1. The van der Waals surface area contributed by atoms with Gasteiger partial charge in [0.15, 0.2) is 0 Å². The van der Waals surface area contributed by atoms with E-state index in [2.05, 4.69) is 10.6 Å². The molecule has 0 saturated heterocycles. The normalized spacial score (nSPS) is 11.2. The van der Waals surface area contributed by atoms with Crippen molar-refractivity contribution in [2.24, 2.45) is 0 Å². The fraction of sp³-hybridized carbons (Fsp3) is 0.462. The number of hydrogen-bond acceptors (Lipinski definition) is 4. The van der Waals surface area contributed by atoms with Crippen LogP contribution in [-0.2, 0) is 9.84 Å². The molecule has 1 aromatic carbocycles. The van der Waals surface area contributed by atoms with Gasteiger partial charge in [-0.15, -0.1) is 0 Å². The van der Waals surface area contributed by atoms with Gasteiger partial charge in [-0.25, -0.2) is 8.42 Å². The highest BCUT2D eigenvalue weighted by Gasteiger charge is 2.11. The Morgan fingerprint density at radius 2 is 2.05 bits per heavy atom. The van der Waals surface area contributed by atoms with Crippen molar-refractivity contribution in [2.75, 3.05) is 30.4 Å². The van der Waals surface area contributed by atoms with Crippen molar-refractivity contribution in [2.45, 2.75) is 13.3 Å². The molecule has 0 saturated carbocycles. The summed E-state index contributed by atoms with van der Waals surface area (Å²) < 4.78 is 22.0. The van der Waals surface area contributed by atoms with Crippen molar-refractivity contribution >= 4 is 33.0 Å². The summed E-state index contributed by atoms with van der Waals surface area (Å²) in [5.74, 6) is -0.208. The molecule has 20 heavy (non-hydrogen) atoms. The Morgan fingerprint density at radius 1 is 1.35 bits per heavy atom. The summed E-state index contributed by atoms with van der Waals surface area (Å²) in [6.45, 7) is 2.93. The van der Waals surface area contributed by atoms with Crippen LogP contribution in [0.2, 0.25) is 5.02 Å². The molecule has 0 aliphatic carbocycles. The maximum absolute atomic E-state index is 12.1. The fourth-order valence-electron chi connectivity index (χ4n) is 1.68. The van der Waals surface area contributed by atoms with Gasteiger partial charge < -0.3 is 10.6 Å². The molecule has 0 heterocycles. The minimum atomic E-state index is -2.99. The minimum Gasteiger partial charge on any atom is -0.385 e. The van der Waals surface area contributed by atoms with Crippen LogP contribution in [-0.4, -0.2) is 39.4 Å². The number of nitrogens with one attached hydrogen (secondary N) is 2. The summed E-state index contributed by atoms with van der Waals surface area (Å²) in [6.07, 6.45) is 1.57. The first-order chi connectivity index (χ1) is 9.33. The molecule has 1 rings (SSSR count). The van der Waals surface area contributed by atoms with Crippen LogP contribution in [0.15, 0.2) is 18.2 Å². The number of sulfone groups is 1. The van der Waals surface area contributed by atoms with Gasteiger partial charge in [0.25, 0.3) is 5.91 Å². The van der Waals surface area contributed by atoms with E-state index < -0.39 is 9.84 Å². The van der Waals surface area contributed by atoms with E-state index in [1.54, 1.807) is 18.2 Å². The number of carbonyl (C=O) groups is 1. The molecule has 2 N–H and O–H groups in total. The molecule has 0 aliphatic heterocycles. The van der Waals surface area contributed by atoms with E-state index in [1.807, 2.05) is 6.92 Å². The van der Waals surface area contributed by atoms with E-state index in [0.717, 1.165) is 0 Å². The predicted molar refractivity (Wildman–Crippen MR) is 82.3 cm³/mol. The summed E-state index contributed by atoms with van der Waals surface area (Å²) >= 11 is 5.90. The molecule has 112 valence electrons. The van der Waals surface area contributed by atoms with Crippen LogP contribution >= 0.6 is 11.6 Å². The second-order valence-electron chi connectivity index (χ2n) is 4.46. The van der Waals surface area contributed by atoms with Crippen LogP contribution in [0.1, 0.15) is 23.7 Å². The highest BCUT2D eigenvalue weighted by Crippen LogP contribution is 2.20. The molecular weight excluding hydrogens is 300 g/mol. The van der Waals surface area contributed by atoms with Gasteiger partial charge >= 0.3 is 0 Å². The standard InChI is InChI=1S/C13H19ClN2O3S/c1-3-15-12-6-5-10(14)9-11(12)13(17)16-7-4-8-20(2,18)19/h5-6,9,15H,3-4,7-8H2,1-2H3,(H,16,17). The van der Waals surface area contributed by atoms with Crippen LogP contribution in [0.25, 0.3) is 0 Å². The average molecular weight is 319 g/mol. The number of hydrogen-bond donors (Lipinski definition) is 2. The highest BCUT2D eigenvalue weighted by atomic mass is 35.5. The third kappa shape index (κ3) is 5.79. The summed E-state index contributed by atoms with van der Waals surface area (Å²) in [4.78, 5) is 12.1. The van der Waals surface area contributed by atoms with Gasteiger partial charge in [-0.1, -0.05) is 11.6 Å². The predicted octanol–water partition coefficient (Wildman–Crippen LogP) is 1.94. The first kappa shape index (κ1) is 16.8. The first-order valence-electron chi connectivity index (χ1n) is 6.33. The van der Waals surface area contributed by atoms with Gasteiger partial charge in [0, 0.05) is 30.1 Å². The molecule has 7 heteroatoms. The van der Waals surface area contributed by atoms with Gasteiger partial charge in [0.1, 0.15) is 9.84 Å². The topological polar surface area (TPSA) is 75.3 Å². The zero-order chi connectivity index (χ0) is 15.2. The van der Waals surface area contributed by atoms with Crippen molar-refractivity contribution in [1.29, 1.82) is 0 Å². The molecule has 0 fully saturated rings. The Morgan fingerprint density at radius 3 is 2.65 bits per heavy atom. The second kappa shape index (κ2) is 7.50. The number of anilines is 1. The number of amides is 1. The second-order valence-corrected chi connectivity index (χ2v) is 7.16. The lowest BCUT2D eigenvalue weighted by molar-refractivity contribution is 0.0954. The number of halogens is 1. The maximum Gasteiger partial charge on any atom is 0.253 e. The van der Waals surface area contributed by atoms with Crippen molar-refractivity contribution in [3.05, 3.63) is 28.8 Å². The summed E-state index contributed by atoms with van der Waals surface area (Å²) in [5, 5.41) is 6.26. The Kier molecular flexibility index (Phi) is 6.29. The molecule has 0 unspecified atom stereocenters. The molecule has 0 radical (unpaired) electrons. The van der Waals surface area contributed by atoms with Crippen LogP contribution in [0, 0.1) is 0 Å². The van der Waals surface area contributed by atoms with Crippen LogP contribution in [0.5, 0.6) is 0 Å². The van der Waals surface area contributed by atoms with E-state index in [4.69, 9.17) is 11.6 Å². The van der Waals surface area contributed by atoms with Gasteiger partial charge in [-0.2, -0.15) is 0 Å². The molecule has 1 aromatic rings. The minimum absolute atomic E-state index is 0.0584. The van der Waals surface area contributed by atoms with E-state index >= 15 is 0 Å². The Hall–Kier alpha value is -1.27. The lowest BCUT2D eigenvalue weighted by Crippen LogP contribution is -2.26. The van der Waals surface area contributed by atoms with Crippen LogP contribution in [0.4, 0.5) is 5.69 Å². The molecule has 1 amide bonds. The zero-order valence-corrected chi connectivity index (χ0v) is 13.1. The largest absolute Gasteiger partial charge is 0.385 e. The molecule has 5 nitrogen and oxygen atoms in total. The third-order valence-electron chi connectivity index (χ3n) is 2.57. The Bertz CT molecular complexity index is 573. The van der Waals surface area contributed by atoms with Gasteiger partial charge in [0.2, 0.25) is 0 Å². The zero-order valence-electron chi connectivity index (χ0n) is 11.6. The fourth-order valence-corrected chi connectivity index (χ4v) is 2.52. The van der Waals surface area contributed by atoms with Gasteiger partial charge in [0.05, 0.1) is 11.3 Å². The van der Waals surface area contributed by atoms with Crippen LogP contribution < -0.4 is 10.6 Å². The van der Waals surface area contributed by atoms with E-state index in [-0.39, 0.29) is 11.7 Å². The summed E-state index contributed by atoms with van der Waals surface area (Å²) in [6, 6.07) is 5.04. The number of carbonyl (C=O) groups excluding carboxylic acids is 1. The van der Waals surface area contributed by atoms with Crippen molar-refractivity contribution in [3.63, 3.8) is 0 Å². The maximum atomic E-state index is 12.1. The molecular formula is C13H19ClN2O3S. The van der Waals surface area contributed by atoms with E-state index in [9.17, 15) is 13.2 Å².